The molecule has 1 aromatic rings. The second-order valence-corrected chi connectivity index (χ2v) is 4.72. The molecule has 4 N–H and O–H groups in total. The molecule has 1 amide bonds. The number of amides is 1. The van der Waals surface area contributed by atoms with Gasteiger partial charge in [0, 0.05) is 7.11 Å². The van der Waals surface area contributed by atoms with Crippen molar-refractivity contribution in [3.8, 4) is 0 Å². The van der Waals surface area contributed by atoms with Gasteiger partial charge < -0.3 is 25.1 Å². The highest BCUT2D eigenvalue weighted by Gasteiger charge is 2.25. The van der Waals surface area contributed by atoms with Crippen molar-refractivity contribution >= 4 is 11.9 Å². The van der Waals surface area contributed by atoms with Crippen LogP contribution in [0.5, 0.6) is 0 Å². The fraction of sp³-hybridized carbons (Fsp3) is 0.467. The van der Waals surface area contributed by atoms with Gasteiger partial charge in [0.05, 0.1) is 13.2 Å². The predicted octanol–water partition coefficient (Wildman–Crippen LogP) is -0.280. The van der Waals surface area contributed by atoms with Crippen molar-refractivity contribution in [2.24, 2.45) is 5.73 Å². The summed E-state index contributed by atoms with van der Waals surface area (Å²) >= 11 is 0. The molecule has 2 atom stereocenters. The molecule has 23 heavy (non-hydrogen) atoms. The summed E-state index contributed by atoms with van der Waals surface area (Å²) in [6.45, 7) is 0.458. The van der Waals surface area contributed by atoms with Crippen molar-refractivity contribution in [2.75, 3.05) is 27.1 Å². The number of ether oxygens (including phenoxy) is 3. The van der Waals surface area contributed by atoms with Crippen molar-refractivity contribution < 1.29 is 28.9 Å². The highest BCUT2D eigenvalue weighted by molar-refractivity contribution is 5.80. The van der Waals surface area contributed by atoms with E-state index in [0.29, 0.717) is 6.61 Å². The van der Waals surface area contributed by atoms with E-state index in [0.717, 1.165) is 5.56 Å². The Hall–Kier alpha value is -2.00. The second-order valence-electron chi connectivity index (χ2n) is 4.72. The Balaban J connectivity index is 2.56. The molecule has 0 aromatic heterocycles. The standard InChI is InChI=1S/C15H22N2O6/c1-21-7-8-22-10-23-14(13(16)18)17-12(15(19)20)9-11-5-3-2-4-6-11/h2-6,12,14,17H,7-10H2,1H3,(H2,16,18)(H,19,20)/t12-,14?/m0/s1. The van der Waals surface area contributed by atoms with E-state index in [9.17, 15) is 14.7 Å². The van der Waals surface area contributed by atoms with Gasteiger partial charge in [0.2, 0.25) is 0 Å². The third-order valence-corrected chi connectivity index (χ3v) is 2.94. The third kappa shape index (κ3) is 7.71. The molecule has 0 bridgehead atoms. The highest BCUT2D eigenvalue weighted by atomic mass is 16.7. The molecule has 0 spiro atoms. The number of hydrogen-bond donors (Lipinski definition) is 3. The van der Waals surface area contributed by atoms with Crippen molar-refractivity contribution in [3.63, 3.8) is 0 Å². The van der Waals surface area contributed by atoms with Crippen LogP contribution in [0.1, 0.15) is 5.56 Å². The number of methoxy groups -OCH3 is 1. The fourth-order valence-electron chi connectivity index (χ4n) is 1.78. The first-order chi connectivity index (χ1) is 11.0. The first-order valence-electron chi connectivity index (χ1n) is 7.05. The van der Waals surface area contributed by atoms with Crippen LogP contribution >= 0.6 is 0 Å². The molecule has 128 valence electrons. The molecular weight excluding hydrogens is 304 g/mol. The largest absolute Gasteiger partial charge is 0.480 e. The smallest absolute Gasteiger partial charge is 0.321 e. The van der Waals surface area contributed by atoms with Crippen LogP contribution in [0.15, 0.2) is 30.3 Å². The van der Waals surface area contributed by atoms with Gasteiger partial charge in [-0.1, -0.05) is 30.3 Å². The summed E-state index contributed by atoms with van der Waals surface area (Å²) in [5.41, 5.74) is 6.03. The third-order valence-electron chi connectivity index (χ3n) is 2.94. The molecule has 0 saturated heterocycles. The maximum atomic E-state index is 11.4. The topological polar surface area (TPSA) is 120 Å². The normalized spacial score (nSPS) is 13.4. The zero-order valence-corrected chi connectivity index (χ0v) is 12.9. The summed E-state index contributed by atoms with van der Waals surface area (Å²) in [5.74, 6) is -1.93. The Morgan fingerprint density at radius 2 is 1.96 bits per heavy atom. The van der Waals surface area contributed by atoms with Crippen LogP contribution in [0.3, 0.4) is 0 Å². The van der Waals surface area contributed by atoms with Crippen molar-refractivity contribution in [1.29, 1.82) is 0 Å². The zero-order chi connectivity index (χ0) is 17.1. The van der Waals surface area contributed by atoms with E-state index in [-0.39, 0.29) is 19.8 Å². The number of carboxylic acid groups (broad SMARTS) is 1. The van der Waals surface area contributed by atoms with Crippen LogP contribution in [0.25, 0.3) is 0 Å². The van der Waals surface area contributed by atoms with Crippen LogP contribution in [-0.2, 0) is 30.2 Å². The number of carbonyl (C=O) groups is 2. The Morgan fingerprint density at radius 3 is 2.52 bits per heavy atom. The molecule has 0 radical (unpaired) electrons. The van der Waals surface area contributed by atoms with Gasteiger partial charge in [0.15, 0.2) is 6.23 Å². The number of benzene rings is 1. The number of carbonyl (C=O) groups excluding carboxylic acids is 1. The predicted molar refractivity (Wildman–Crippen MR) is 81.5 cm³/mol. The summed E-state index contributed by atoms with van der Waals surface area (Å²) < 4.78 is 15.0. The van der Waals surface area contributed by atoms with Gasteiger partial charge >= 0.3 is 5.97 Å². The molecule has 8 nitrogen and oxygen atoms in total. The number of aliphatic carboxylic acids is 1. The molecule has 0 aliphatic rings. The maximum absolute atomic E-state index is 11.4. The Morgan fingerprint density at radius 1 is 1.26 bits per heavy atom. The van der Waals surface area contributed by atoms with Gasteiger partial charge in [-0.2, -0.15) is 0 Å². The fourth-order valence-corrected chi connectivity index (χ4v) is 1.78. The van der Waals surface area contributed by atoms with Gasteiger partial charge in [0.25, 0.3) is 5.91 Å². The summed E-state index contributed by atoms with van der Waals surface area (Å²) in [4.78, 5) is 22.8. The molecule has 0 saturated carbocycles. The minimum atomic E-state index is -1.26. The molecule has 0 aliphatic carbocycles. The van der Waals surface area contributed by atoms with Crippen LogP contribution < -0.4 is 11.1 Å². The van der Waals surface area contributed by atoms with Crippen LogP contribution in [-0.4, -0.2) is 56.4 Å². The van der Waals surface area contributed by atoms with Gasteiger partial charge in [-0.3, -0.25) is 14.9 Å². The van der Waals surface area contributed by atoms with Crippen molar-refractivity contribution in [3.05, 3.63) is 35.9 Å². The van der Waals surface area contributed by atoms with E-state index in [4.69, 9.17) is 19.9 Å². The lowest BCUT2D eigenvalue weighted by Gasteiger charge is -2.21. The van der Waals surface area contributed by atoms with Crippen molar-refractivity contribution in [2.45, 2.75) is 18.7 Å². The van der Waals surface area contributed by atoms with Crippen LogP contribution in [0.4, 0.5) is 0 Å². The minimum absolute atomic E-state index is 0.188. The summed E-state index contributed by atoms with van der Waals surface area (Å²) in [6.07, 6.45) is -1.07. The van der Waals surface area contributed by atoms with Gasteiger partial charge in [-0.05, 0) is 12.0 Å². The number of carboxylic acids is 1. The lowest BCUT2D eigenvalue weighted by molar-refractivity contribution is -0.152. The van der Waals surface area contributed by atoms with E-state index in [2.05, 4.69) is 5.32 Å². The second kappa shape index (κ2) is 10.7. The number of hydrogen-bond acceptors (Lipinski definition) is 6. The average Bonchev–Trinajstić information content (AvgIpc) is 2.53. The Kier molecular flexibility index (Phi) is 8.85. The summed E-state index contributed by atoms with van der Waals surface area (Å²) in [7, 11) is 1.53. The number of nitrogens with one attached hydrogen (secondary N) is 1. The first kappa shape index (κ1) is 19.0. The minimum Gasteiger partial charge on any atom is -0.480 e. The lowest BCUT2D eigenvalue weighted by atomic mass is 10.1. The SMILES string of the molecule is COCCOCOC(N[C@@H](Cc1ccccc1)C(=O)O)C(N)=O. The summed E-state index contributed by atoms with van der Waals surface area (Å²) in [6, 6.07) is 8.02. The van der Waals surface area contributed by atoms with Crippen molar-refractivity contribution in [1.82, 2.24) is 5.32 Å². The van der Waals surface area contributed by atoms with E-state index in [1.54, 1.807) is 24.3 Å². The van der Waals surface area contributed by atoms with E-state index in [1.165, 1.54) is 7.11 Å². The molecule has 1 aromatic carbocycles. The van der Waals surface area contributed by atoms with Gasteiger partial charge in [0.1, 0.15) is 12.8 Å². The molecule has 1 unspecified atom stereocenters. The number of nitrogens with two attached hydrogens (primary N) is 1. The van der Waals surface area contributed by atoms with Gasteiger partial charge in [-0.25, -0.2) is 0 Å². The van der Waals surface area contributed by atoms with E-state index in [1.807, 2.05) is 6.07 Å². The molecule has 0 heterocycles. The molecule has 0 fully saturated rings. The molecule has 0 aliphatic heterocycles. The maximum Gasteiger partial charge on any atom is 0.321 e. The Bertz CT molecular complexity index is 482. The quantitative estimate of drug-likeness (QED) is 0.357. The molecule has 1 rings (SSSR count). The number of rotatable bonds is 12. The lowest BCUT2D eigenvalue weighted by Crippen LogP contribution is -2.52. The van der Waals surface area contributed by atoms with Crippen LogP contribution in [0.2, 0.25) is 0 Å². The first-order valence-corrected chi connectivity index (χ1v) is 7.05. The Labute approximate surface area is 134 Å². The molecular formula is C15H22N2O6. The van der Waals surface area contributed by atoms with Crippen LogP contribution in [0, 0.1) is 0 Å². The summed E-state index contributed by atoms with van der Waals surface area (Å²) in [5, 5.41) is 11.9. The number of primary amides is 1. The zero-order valence-electron chi connectivity index (χ0n) is 12.9. The van der Waals surface area contributed by atoms with E-state index < -0.39 is 24.1 Å². The monoisotopic (exact) mass is 326 g/mol. The highest BCUT2D eigenvalue weighted by Crippen LogP contribution is 2.05. The van der Waals surface area contributed by atoms with E-state index >= 15 is 0 Å². The average molecular weight is 326 g/mol. The van der Waals surface area contributed by atoms with Gasteiger partial charge in [-0.15, -0.1) is 0 Å². The molecule has 8 heteroatoms.